The highest BCUT2D eigenvalue weighted by molar-refractivity contribution is 5.78. The van der Waals surface area contributed by atoms with Crippen molar-refractivity contribution in [2.24, 2.45) is 5.92 Å². The Morgan fingerprint density at radius 1 is 1.07 bits per heavy atom. The van der Waals surface area contributed by atoms with Gasteiger partial charge < -0.3 is 5.32 Å². The van der Waals surface area contributed by atoms with Gasteiger partial charge in [-0.25, -0.2) is 0 Å². The molecule has 0 spiro atoms. The number of rotatable bonds is 8. The zero-order chi connectivity index (χ0) is 11.7. The van der Waals surface area contributed by atoms with Crippen molar-refractivity contribution >= 4 is 5.91 Å². The highest BCUT2D eigenvalue weighted by atomic mass is 16.1. The first-order valence-electron chi connectivity index (χ1n) is 6.49. The maximum absolute atomic E-state index is 11.9. The Morgan fingerprint density at radius 3 is 2.07 bits per heavy atom. The summed E-state index contributed by atoms with van der Waals surface area (Å²) in [7, 11) is 0. The van der Waals surface area contributed by atoms with Crippen LogP contribution in [0.2, 0.25) is 0 Å². The van der Waals surface area contributed by atoms with Crippen LogP contribution < -0.4 is 5.32 Å². The van der Waals surface area contributed by atoms with Crippen molar-refractivity contribution in [3.8, 4) is 0 Å². The molecule has 0 rings (SSSR count). The summed E-state index contributed by atoms with van der Waals surface area (Å²) in [4.78, 5) is 11.9. The van der Waals surface area contributed by atoms with Crippen LogP contribution in [-0.4, -0.2) is 11.9 Å². The van der Waals surface area contributed by atoms with E-state index in [4.69, 9.17) is 0 Å². The second-order valence-corrected chi connectivity index (χ2v) is 4.27. The van der Waals surface area contributed by atoms with Gasteiger partial charge in [0.15, 0.2) is 0 Å². The molecule has 0 radical (unpaired) electrons. The zero-order valence-electron chi connectivity index (χ0n) is 10.8. The number of amides is 1. The van der Waals surface area contributed by atoms with Crippen molar-refractivity contribution in [3.63, 3.8) is 0 Å². The minimum absolute atomic E-state index is 0.227. The SMILES string of the molecule is CCCCC(CC)C(=O)NC(CC)CC. The molecule has 0 aliphatic carbocycles. The fraction of sp³-hybridized carbons (Fsp3) is 0.923. The second kappa shape index (κ2) is 8.75. The molecule has 90 valence electrons. The first-order chi connectivity index (χ1) is 7.19. The largest absolute Gasteiger partial charge is 0.353 e. The fourth-order valence-electron chi connectivity index (χ4n) is 1.78. The molecule has 0 aromatic carbocycles. The normalized spacial score (nSPS) is 12.9. The van der Waals surface area contributed by atoms with Crippen molar-refractivity contribution in [2.75, 3.05) is 0 Å². The van der Waals surface area contributed by atoms with Gasteiger partial charge in [-0.2, -0.15) is 0 Å². The van der Waals surface area contributed by atoms with Crippen molar-refractivity contribution in [1.29, 1.82) is 0 Å². The van der Waals surface area contributed by atoms with E-state index < -0.39 is 0 Å². The minimum Gasteiger partial charge on any atom is -0.353 e. The summed E-state index contributed by atoms with van der Waals surface area (Å²) in [5.74, 6) is 0.491. The average Bonchev–Trinajstić information content (AvgIpc) is 2.26. The van der Waals surface area contributed by atoms with E-state index in [-0.39, 0.29) is 11.8 Å². The molecular formula is C13H27NO. The Balaban J connectivity index is 4.02. The molecule has 0 bridgehead atoms. The summed E-state index contributed by atoms with van der Waals surface area (Å²) in [5.41, 5.74) is 0. The Bertz CT molecular complexity index is 164. The molecule has 2 heteroatoms. The first-order valence-corrected chi connectivity index (χ1v) is 6.49. The van der Waals surface area contributed by atoms with E-state index in [0.717, 1.165) is 32.1 Å². The van der Waals surface area contributed by atoms with E-state index in [1.807, 2.05) is 0 Å². The summed E-state index contributed by atoms with van der Waals surface area (Å²) in [6.07, 6.45) is 6.41. The predicted octanol–water partition coefficient (Wildman–Crippen LogP) is 3.51. The van der Waals surface area contributed by atoms with Crippen LogP contribution >= 0.6 is 0 Å². The topological polar surface area (TPSA) is 29.1 Å². The van der Waals surface area contributed by atoms with Crippen LogP contribution in [0.4, 0.5) is 0 Å². The van der Waals surface area contributed by atoms with Gasteiger partial charge in [0.1, 0.15) is 0 Å². The molecule has 2 nitrogen and oxygen atoms in total. The maximum atomic E-state index is 11.9. The number of nitrogens with one attached hydrogen (secondary N) is 1. The Morgan fingerprint density at radius 2 is 1.67 bits per heavy atom. The number of carbonyl (C=O) groups is 1. The lowest BCUT2D eigenvalue weighted by Gasteiger charge is -2.19. The highest BCUT2D eigenvalue weighted by Crippen LogP contribution is 2.13. The third-order valence-electron chi connectivity index (χ3n) is 3.10. The number of hydrogen-bond donors (Lipinski definition) is 1. The Labute approximate surface area is 94.8 Å². The van der Waals surface area contributed by atoms with Gasteiger partial charge in [-0.1, -0.05) is 40.5 Å². The van der Waals surface area contributed by atoms with Crippen molar-refractivity contribution in [3.05, 3.63) is 0 Å². The smallest absolute Gasteiger partial charge is 0.223 e. The van der Waals surface area contributed by atoms with E-state index in [9.17, 15) is 4.79 Å². The van der Waals surface area contributed by atoms with Gasteiger partial charge >= 0.3 is 0 Å². The van der Waals surface area contributed by atoms with Gasteiger partial charge in [0.25, 0.3) is 0 Å². The first kappa shape index (κ1) is 14.5. The van der Waals surface area contributed by atoms with Gasteiger partial charge in [0.05, 0.1) is 0 Å². The number of carbonyl (C=O) groups excluding carboxylic acids is 1. The van der Waals surface area contributed by atoms with Crippen LogP contribution in [0.5, 0.6) is 0 Å². The lowest BCUT2D eigenvalue weighted by Crippen LogP contribution is -2.38. The molecule has 15 heavy (non-hydrogen) atoms. The summed E-state index contributed by atoms with van der Waals surface area (Å²) in [6, 6.07) is 0.369. The Kier molecular flexibility index (Phi) is 8.44. The molecule has 0 aliphatic rings. The van der Waals surface area contributed by atoms with Gasteiger partial charge in [-0.05, 0) is 25.7 Å². The molecule has 0 fully saturated rings. The van der Waals surface area contributed by atoms with Gasteiger partial charge in [0, 0.05) is 12.0 Å². The lowest BCUT2D eigenvalue weighted by atomic mass is 9.97. The standard InChI is InChI=1S/C13H27NO/c1-5-9-10-11(6-2)13(15)14-12(7-3)8-4/h11-12H,5-10H2,1-4H3,(H,14,15). The van der Waals surface area contributed by atoms with Gasteiger partial charge in [0.2, 0.25) is 5.91 Å². The minimum atomic E-state index is 0.227. The number of hydrogen-bond acceptors (Lipinski definition) is 1. The highest BCUT2D eigenvalue weighted by Gasteiger charge is 2.17. The summed E-state index contributed by atoms with van der Waals surface area (Å²) < 4.78 is 0. The third kappa shape index (κ3) is 5.81. The van der Waals surface area contributed by atoms with Crippen molar-refractivity contribution in [2.45, 2.75) is 72.3 Å². The second-order valence-electron chi connectivity index (χ2n) is 4.27. The maximum Gasteiger partial charge on any atom is 0.223 e. The van der Waals surface area contributed by atoms with E-state index >= 15 is 0 Å². The molecule has 0 aromatic rings. The molecule has 1 unspecified atom stereocenters. The van der Waals surface area contributed by atoms with Crippen molar-refractivity contribution < 1.29 is 4.79 Å². The van der Waals surface area contributed by atoms with Crippen LogP contribution in [0.1, 0.15) is 66.2 Å². The molecule has 0 saturated carbocycles. The van der Waals surface area contributed by atoms with Crippen LogP contribution in [-0.2, 0) is 4.79 Å². The molecule has 0 aromatic heterocycles. The predicted molar refractivity (Wildman–Crippen MR) is 65.8 cm³/mol. The van der Waals surface area contributed by atoms with E-state index in [2.05, 4.69) is 33.0 Å². The number of unbranched alkanes of at least 4 members (excludes halogenated alkanes) is 1. The molecule has 1 N–H and O–H groups in total. The van der Waals surface area contributed by atoms with Crippen LogP contribution in [0.25, 0.3) is 0 Å². The summed E-state index contributed by atoms with van der Waals surface area (Å²) >= 11 is 0. The van der Waals surface area contributed by atoms with E-state index in [0.29, 0.717) is 6.04 Å². The van der Waals surface area contributed by atoms with Crippen LogP contribution in [0.15, 0.2) is 0 Å². The zero-order valence-corrected chi connectivity index (χ0v) is 10.8. The van der Waals surface area contributed by atoms with Gasteiger partial charge in [-0.3, -0.25) is 4.79 Å². The monoisotopic (exact) mass is 213 g/mol. The van der Waals surface area contributed by atoms with Crippen LogP contribution in [0.3, 0.4) is 0 Å². The summed E-state index contributed by atoms with van der Waals surface area (Å²) in [5, 5.41) is 3.14. The lowest BCUT2D eigenvalue weighted by molar-refractivity contribution is -0.126. The van der Waals surface area contributed by atoms with Crippen molar-refractivity contribution in [1.82, 2.24) is 5.32 Å². The molecule has 0 aliphatic heterocycles. The third-order valence-corrected chi connectivity index (χ3v) is 3.10. The molecular weight excluding hydrogens is 186 g/mol. The average molecular weight is 213 g/mol. The quantitative estimate of drug-likeness (QED) is 0.657. The Hall–Kier alpha value is -0.530. The fourth-order valence-corrected chi connectivity index (χ4v) is 1.78. The molecule has 0 heterocycles. The molecule has 1 atom stereocenters. The molecule has 0 saturated heterocycles. The van der Waals surface area contributed by atoms with Gasteiger partial charge in [-0.15, -0.1) is 0 Å². The summed E-state index contributed by atoms with van der Waals surface area (Å²) in [6.45, 7) is 8.53. The van der Waals surface area contributed by atoms with Crippen LogP contribution in [0, 0.1) is 5.92 Å². The molecule has 1 amide bonds. The van der Waals surface area contributed by atoms with E-state index in [1.54, 1.807) is 0 Å². The van der Waals surface area contributed by atoms with E-state index in [1.165, 1.54) is 6.42 Å².